The molecule has 0 bridgehead atoms. The number of nitrogens with zero attached hydrogens (tertiary/aromatic N) is 2. The van der Waals surface area contributed by atoms with Gasteiger partial charge >= 0.3 is 0 Å². The Hall–Kier alpha value is -1.69. The van der Waals surface area contributed by atoms with Gasteiger partial charge in [0.05, 0.1) is 11.8 Å². The molecule has 2 rings (SSSR count). The predicted octanol–water partition coefficient (Wildman–Crippen LogP) is 0.767. The third-order valence-corrected chi connectivity index (χ3v) is 3.11. The summed E-state index contributed by atoms with van der Waals surface area (Å²) < 4.78 is 10.7. The van der Waals surface area contributed by atoms with Gasteiger partial charge in [0.25, 0.3) is 5.91 Å². The van der Waals surface area contributed by atoms with Crippen molar-refractivity contribution in [2.24, 2.45) is 0 Å². The molecule has 0 aliphatic carbocycles. The van der Waals surface area contributed by atoms with Crippen molar-refractivity contribution in [3.8, 4) is 5.88 Å². The lowest BCUT2D eigenvalue weighted by Crippen LogP contribution is -2.35. The number of amides is 1. The maximum atomic E-state index is 11.6. The van der Waals surface area contributed by atoms with Crippen molar-refractivity contribution >= 4 is 5.91 Å². The normalized spacial score (nSPS) is 18.3. The second-order valence-corrected chi connectivity index (χ2v) is 4.68. The highest BCUT2D eigenvalue weighted by Gasteiger charge is 2.16. The van der Waals surface area contributed by atoms with Crippen molar-refractivity contribution in [2.45, 2.75) is 32.8 Å². The lowest BCUT2D eigenvalue weighted by atomic mass is 10.2. The molecule has 1 aliphatic rings. The SMILES string of the molecule is Cc1cc(OCC(=O)NC[C@H]2CCCO2)nnc1C. The second-order valence-electron chi connectivity index (χ2n) is 4.68. The van der Waals surface area contributed by atoms with E-state index in [2.05, 4.69) is 15.5 Å². The Morgan fingerprint density at radius 3 is 3.05 bits per heavy atom. The summed E-state index contributed by atoms with van der Waals surface area (Å²) in [5.74, 6) is 0.200. The minimum atomic E-state index is -0.171. The Morgan fingerprint density at radius 2 is 2.37 bits per heavy atom. The van der Waals surface area contributed by atoms with Gasteiger partial charge in [0, 0.05) is 19.2 Å². The summed E-state index contributed by atoms with van der Waals surface area (Å²) in [4.78, 5) is 11.6. The standard InChI is InChI=1S/C13H19N3O3/c1-9-6-13(16-15-10(9)2)19-8-12(17)14-7-11-4-3-5-18-11/h6,11H,3-5,7-8H2,1-2H3,(H,14,17)/t11-/m1/s1. The fourth-order valence-electron chi connectivity index (χ4n) is 1.82. The monoisotopic (exact) mass is 265 g/mol. The molecule has 1 amide bonds. The summed E-state index contributed by atoms with van der Waals surface area (Å²) in [7, 11) is 0. The molecule has 19 heavy (non-hydrogen) atoms. The molecule has 2 heterocycles. The quantitative estimate of drug-likeness (QED) is 0.851. The molecule has 0 spiro atoms. The van der Waals surface area contributed by atoms with Crippen LogP contribution in [0.4, 0.5) is 0 Å². The maximum absolute atomic E-state index is 11.6. The Kier molecular flexibility index (Phi) is 4.68. The molecule has 6 heteroatoms. The zero-order valence-electron chi connectivity index (χ0n) is 11.3. The average molecular weight is 265 g/mol. The highest BCUT2D eigenvalue weighted by atomic mass is 16.5. The number of rotatable bonds is 5. The van der Waals surface area contributed by atoms with Crippen LogP contribution in [0.15, 0.2) is 6.07 Å². The summed E-state index contributed by atoms with van der Waals surface area (Å²) in [6.45, 7) is 5.08. The molecule has 0 saturated carbocycles. The average Bonchev–Trinajstić information content (AvgIpc) is 2.91. The van der Waals surface area contributed by atoms with Crippen LogP contribution in [-0.2, 0) is 9.53 Å². The minimum Gasteiger partial charge on any atom is -0.466 e. The molecule has 1 fully saturated rings. The fourth-order valence-corrected chi connectivity index (χ4v) is 1.82. The minimum absolute atomic E-state index is 0.0517. The predicted molar refractivity (Wildman–Crippen MR) is 69.0 cm³/mol. The van der Waals surface area contributed by atoms with E-state index in [0.29, 0.717) is 12.4 Å². The Bertz CT molecular complexity index is 445. The molecule has 1 aromatic rings. The van der Waals surface area contributed by atoms with Gasteiger partial charge in [-0.25, -0.2) is 0 Å². The van der Waals surface area contributed by atoms with Gasteiger partial charge in [0.15, 0.2) is 6.61 Å². The van der Waals surface area contributed by atoms with Crippen molar-refractivity contribution in [1.82, 2.24) is 15.5 Å². The second kappa shape index (κ2) is 6.47. The van der Waals surface area contributed by atoms with Crippen molar-refractivity contribution in [1.29, 1.82) is 0 Å². The van der Waals surface area contributed by atoms with Gasteiger partial charge < -0.3 is 14.8 Å². The maximum Gasteiger partial charge on any atom is 0.258 e. The van der Waals surface area contributed by atoms with E-state index in [4.69, 9.17) is 9.47 Å². The van der Waals surface area contributed by atoms with Gasteiger partial charge in [-0.05, 0) is 32.3 Å². The van der Waals surface area contributed by atoms with E-state index in [9.17, 15) is 4.79 Å². The van der Waals surface area contributed by atoms with Gasteiger partial charge in [-0.15, -0.1) is 5.10 Å². The molecule has 104 valence electrons. The summed E-state index contributed by atoms with van der Waals surface area (Å²) >= 11 is 0. The van der Waals surface area contributed by atoms with Gasteiger partial charge in [0.2, 0.25) is 5.88 Å². The van der Waals surface area contributed by atoms with Crippen LogP contribution in [0.1, 0.15) is 24.1 Å². The van der Waals surface area contributed by atoms with Gasteiger partial charge in [0.1, 0.15) is 0 Å². The highest BCUT2D eigenvalue weighted by Crippen LogP contribution is 2.11. The topological polar surface area (TPSA) is 73.3 Å². The molecule has 0 unspecified atom stereocenters. The van der Waals surface area contributed by atoms with E-state index < -0.39 is 0 Å². The smallest absolute Gasteiger partial charge is 0.258 e. The number of hydrogen-bond donors (Lipinski definition) is 1. The van der Waals surface area contributed by atoms with E-state index in [-0.39, 0.29) is 18.6 Å². The zero-order chi connectivity index (χ0) is 13.7. The first-order valence-corrected chi connectivity index (χ1v) is 6.47. The van der Waals surface area contributed by atoms with Crippen LogP contribution in [0, 0.1) is 13.8 Å². The first-order valence-electron chi connectivity index (χ1n) is 6.47. The van der Waals surface area contributed by atoms with E-state index in [1.807, 2.05) is 13.8 Å². The van der Waals surface area contributed by atoms with Crippen LogP contribution in [0.3, 0.4) is 0 Å². The summed E-state index contributed by atoms with van der Waals surface area (Å²) in [6.07, 6.45) is 2.21. The van der Waals surface area contributed by atoms with Gasteiger partial charge in [-0.2, -0.15) is 5.10 Å². The number of ether oxygens (including phenoxy) is 2. The molecular weight excluding hydrogens is 246 g/mol. The van der Waals surface area contributed by atoms with E-state index >= 15 is 0 Å². The summed E-state index contributed by atoms with van der Waals surface area (Å²) in [6, 6.07) is 1.77. The van der Waals surface area contributed by atoms with Crippen molar-refractivity contribution in [3.63, 3.8) is 0 Å². The van der Waals surface area contributed by atoms with Crippen LogP contribution in [0.2, 0.25) is 0 Å². The van der Waals surface area contributed by atoms with E-state index in [1.165, 1.54) is 0 Å². The Balaban J connectivity index is 1.71. The summed E-state index contributed by atoms with van der Waals surface area (Å²) in [5.41, 5.74) is 1.85. The Labute approximate surface area is 112 Å². The largest absolute Gasteiger partial charge is 0.466 e. The van der Waals surface area contributed by atoms with Gasteiger partial charge in [-0.1, -0.05) is 0 Å². The third kappa shape index (κ3) is 4.17. The number of hydrogen-bond acceptors (Lipinski definition) is 5. The molecule has 1 aromatic heterocycles. The van der Waals surface area contributed by atoms with E-state index in [0.717, 1.165) is 30.7 Å². The number of aryl methyl sites for hydroxylation is 2. The van der Waals surface area contributed by atoms with Crippen LogP contribution < -0.4 is 10.1 Å². The van der Waals surface area contributed by atoms with Crippen molar-refractivity contribution < 1.29 is 14.3 Å². The number of carbonyl (C=O) groups excluding carboxylic acids is 1. The molecule has 1 aliphatic heterocycles. The zero-order valence-corrected chi connectivity index (χ0v) is 11.3. The van der Waals surface area contributed by atoms with Crippen molar-refractivity contribution in [2.75, 3.05) is 19.8 Å². The van der Waals surface area contributed by atoms with Crippen LogP contribution >= 0.6 is 0 Å². The van der Waals surface area contributed by atoms with Crippen LogP contribution in [0.25, 0.3) is 0 Å². The number of carbonyl (C=O) groups is 1. The fraction of sp³-hybridized carbons (Fsp3) is 0.615. The number of aromatic nitrogens is 2. The third-order valence-electron chi connectivity index (χ3n) is 3.11. The molecule has 0 aromatic carbocycles. The molecule has 0 radical (unpaired) electrons. The highest BCUT2D eigenvalue weighted by molar-refractivity contribution is 5.77. The first-order chi connectivity index (χ1) is 9.15. The summed E-state index contributed by atoms with van der Waals surface area (Å²) in [5, 5.41) is 10.6. The van der Waals surface area contributed by atoms with Gasteiger partial charge in [-0.3, -0.25) is 4.79 Å². The lowest BCUT2D eigenvalue weighted by molar-refractivity contribution is -0.123. The first kappa shape index (κ1) is 13.7. The molecule has 1 N–H and O–H groups in total. The molecule has 6 nitrogen and oxygen atoms in total. The van der Waals surface area contributed by atoms with E-state index in [1.54, 1.807) is 6.07 Å². The molecule has 1 atom stereocenters. The van der Waals surface area contributed by atoms with Crippen LogP contribution in [-0.4, -0.2) is 42.0 Å². The molecule has 1 saturated heterocycles. The molecular formula is C13H19N3O3. The Morgan fingerprint density at radius 1 is 1.53 bits per heavy atom. The number of nitrogens with one attached hydrogen (secondary N) is 1. The van der Waals surface area contributed by atoms with Crippen molar-refractivity contribution in [3.05, 3.63) is 17.3 Å². The lowest BCUT2D eigenvalue weighted by Gasteiger charge is -2.11. The van der Waals surface area contributed by atoms with Crippen LogP contribution in [0.5, 0.6) is 5.88 Å².